The molecule has 4 heteroatoms. The fourth-order valence-electron chi connectivity index (χ4n) is 0.608. The number of aliphatic hydroxyl groups excluding tert-OH is 1. The standard InChI is InChI=1S/C7H13Cl2NO/c8-5-7(9)6-10-3-1-2-4-11/h5,10-11H,1-4,6H2. The minimum atomic E-state index is 0.251. The molecule has 0 atom stereocenters. The molecule has 0 bridgehead atoms. The lowest BCUT2D eigenvalue weighted by molar-refractivity contribution is 0.284. The Morgan fingerprint density at radius 2 is 2.18 bits per heavy atom. The molecule has 11 heavy (non-hydrogen) atoms. The van der Waals surface area contributed by atoms with Gasteiger partial charge in [-0.25, -0.2) is 0 Å². The highest BCUT2D eigenvalue weighted by atomic mass is 35.5. The van der Waals surface area contributed by atoms with E-state index in [9.17, 15) is 0 Å². The first-order valence-corrected chi connectivity index (χ1v) is 4.39. The molecule has 66 valence electrons. The second kappa shape index (κ2) is 8.34. The summed E-state index contributed by atoms with van der Waals surface area (Å²) in [5, 5.41) is 12.1. The third-order valence-corrected chi connectivity index (χ3v) is 1.79. The van der Waals surface area contributed by atoms with E-state index in [0.717, 1.165) is 19.4 Å². The largest absolute Gasteiger partial charge is 0.396 e. The molecule has 0 fully saturated rings. The summed E-state index contributed by atoms with van der Waals surface area (Å²) in [5.74, 6) is 0. The van der Waals surface area contributed by atoms with Crippen LogP contribution in [-0.4, -0.2) is 24.8 Å². The van der Waals surface area contributed by atoms with Gasteiger partial charge in [-0.3, -0.25) is 0 Å². The van der Waals surface area contributed by atoms with Crippen molar-refractivity contribution in [3.8, 4) is 0 Å². The van der Waals surface area contributed by atoms with Gasteiger partial charge in [0.1, 0.15) is 0 Å². The molecule has 2 nitrogen and oxygen atoms in total. The van der Waals surface area contributed by atoms with Gasteiger partial charge < -0.3 is 10.4 Å². The van der Waals surface area contributed by atoms with Crippen LogP contribution < -0.4 is 5.32 Å². The van der Waals surface area contributed by atoms with Gasteiger partial charge in [-0.1, -0.05) is 23.2 Å². The van der Waals surface area contributed by atoms with E-state index in [4.69, 9.17) is 28.3 Å². The number of hydrogen-bond donors (Lipinski definition) is 2. The molecule has 0 rings (SSSR count). The lowest BCUT2D eigenvalue weighted by atomic mass is 10.3. The highest BCUT2D eigenvalue weighted by molar-refractivity contribution is 6.36. The normalized spacial score (nSPS) is 12.1. The van der Waals surface area contributed by atoms with Crippen LogP contribution in [0.5, 0.6) is 0 Å². The monoisotopic (exact) mass is 197 g/mol. The number of hydrogen-bond acceptors (Lipinski definition) is 2. The molecule has 0 saturated carbocycles. The van der Waals surface area contributed by atoms with Gasteiger partial charge in [-0.05, 0) is 19.4 Å². The first-order chi connectivity index (χ1) is 5.31. The van der Waals surface area contributed by atoms with Crippen LogP contribution in [0.1, 0.15) is 12.8 Å². The molecular weight excluding hydrogens is 185 g/mol. The Labute approximate surface area is 77.2 Å². The van der Waals surface area contributed by atoms with Crippen LogP contribution in [-0.2, 0) is 0 Å². The third kappa shape index (κ3) is 8.14. The summed E-state index contributed by atoms with van der Waals surface area (Å²) < 4.78 is 0. The zero-order valence-electron chi connectivity index (χ0n) is 6.32. The smallest absolute Gasteiger partial charge is 0.0431 e. The predicted octanol–water partition coefficient (Wildman–Crippen LogP) is 1.67. The Kier molecular flexibility index (Phi) is 8.52. The second-order valence-electron chi connectivity index (χ2n) is 2.16. The van der Waals surface area contributed by atoms with E-state index in [1.54, 1.807) is 0 Å². The average Bonchev–Trinajstić information content (AvgIpc) is 2.04. The summed E-state index contributed by atoms with van der Waals surface area (Å²) in [6.07, 6.45) is 1.79. The summed E-state index contributed by atoms with van der Waals surface area (Å²) in [6.45, 7) is 1.72. The van der Waals surface area contributed by atoms with E-state index >= 15 is 0 Å². The van der Waals surface area contributed by atoms with E-state index in [-0.39, 0.29) is 6.61 Å². The number of halogens is 2. The number of rotatable bonds is 6. The molecule has 0 aliphatic rings. The van der Waals surface area contributed by atoms with E-state index in [2.05, 4.69) is 5.32 Å². The number of aliphatic hydroxyl groups is 1. The SMILES string of the molecule is OCCCCNCC(Cl)=CCl. The van der Waals surface area contributed by atoms with Crippen LogP contribution in [0, 0.1) is 0 Å². The van der Waals surface area contributed by atoms with Crippen LogP contribution >= 0.6 is 23.2 Å². The highest BCUT2D eigenvalue weighted by Crippen LogP contribution is 2.00. The second-order valence-corrected chi connectivity index (χ2v) is 2.87. The lowest BCUT2D eigenvalue weighted by Crippen LogP contribution is -2.16. The number of unbranched alkanes of at least 4 members (excludes halogenated alkanes) is 1. The molecular formula is C7H13Cl2NO. The molecule has 2 N–H and O–H groups in total. The summed E-state index contributed by atoms with van der Waals surface area (Å²) in [4.78, 5) is 0. The van der Waals surface area contributed by atoms with Crippen LogP contribution in [0.3, 0.4) is 0 Å². The zero-order valence-corrected chi connectivity index (χ0v) is 7.83. The van der Waals surface area contributed by atoms with Gasteiger partial charge in [-0.2, -0.15) is 0 Å². The Morgan fingerprint density at radius 3 is 2.73 bits per heavy atom. The predicted molar refractivity (Wildman–Crippen MR) is 49.0 cm³/mol. The van der Waals surface area contributed by atoms with Gasteiger partial charge in [0.25, 0.3) is 0 Å². The Balaban J connectivity index is 3.02. The zero-order chi connectivity index (χ0) is 8.53. The minimum Gasteiger partial charge on any atom is -0.396 e. The number of nitrogens with one attached hydrogen (secondary N) is 1. The summed E-state index contributed by atoms with van der Waals surface area (Å²) in [6, 6.07) is 0. The van der Waals surface area contributed by atoms with Gasteiger partial charge in [0.2, 0.25) is 0 Å². The molecule has 0 aromatic rings. The molecule has 0 saturated heterocycles. The lowest BCUT2D eigenvalue weighted by Gasteiger charge is -2.01. The highest BCUT2D eigenvalue weighted by Gasteiger charge is 1.90. The van der Waals surface area contributed by atoms with Gasteiger partial charge in [0, 0.05) is 23.7 Å². The maximum absolute atomic E-state index is 8.43. The quantitative estimate of drug-likeness (QED) is 0.636. The van der Waals surface area contributed by atoms with E-state index < -0.39 is 0 Å². The molecule has 0 aliphatic heterocycles. The summed E-state index contributed by atoms with van der Waals surface area (Å²) in [5.41, 5.74) is 1.35. The first-order valence-electron chi connectivity index (χ1n) is 3.57. The fourth-order valence-corrected chi connectivity index (χ4v) is 0.780. The van der Waals surface area contributed by atoms with Crippen molar-refractivity contribution in [2.75, 3.05) is 19.7 Å². The molecule has 0 aromatic heterocycles. The van der Waals surface area contributed by atoms with E-state index in [0.29, 0.717) is 11.6 Å². The molecule has 0 heterocycles. The minimum absolute atomic E-state index is 0.251. The molecule has 0 unspecified atom stereocenters. The van der Waals surface area contributed by atoms with Crippen molar-refractivity contribution in [2.45, 2.75) is 12.8 Å². The summed E-state index contributed by atoms with van der Waals surface area (Å²) >= 11 is 10.9. The van der Waals surface area contributed by atoms with Crippen LogP contribution in [0.2, 0.25) is 0 Å². The molecule has 0 radical (unpaired) electrons. The van der Waals surface area contributed by atoms with E-state index in [1.807, 2.05) is 0 Å². The maximum atomic E-state index is 8.43. The topological polar surface area (TPSA) is 32.3 Å². The fraction of sp³-hybridized carbons (Fsp3) is 0.714. The van der Waals surface area contributed by atoms with Gasteiger partial charge >= 0.3 is 0 Å². The van der Waals surface area contributed by atoms with Gasteiger partial charge in [0.05, 0.1) is 0 Å². The Hall–Kier alpha value is 0.240. The van der Waals surface area contributed by atoms with Crippen molar-refractivity contribution in [1.82, 2.24) is 5.32 Å². The van der Waals surface area contributed by atoms with E-state index in [1.165, 1.54) is 5.54 Å². The molecule has 0 aromatic carbocycles. The van der Waals surface area contributed by atoms with Crippen LogP contribution in [0.4, 0.5) is 0 Å². The van der Waals surface area contributed by atoms with Crippen LogP contribution in [0.25, 0.3) is 0 Å². The van der Waals surface area contributed by atoms with Crippen molar-refractivity contribution in [1.29, 1.82) is 0 Å². The maximum Gasteiger partial charge on any atom is 0.0431 e. The molecule has 0 spiro atoms. The van der Waals surface area contributed by atoms with Crippen molar-refractivity contribution in [3.05, 3.63) is 10.6 Å². The average molecular weight is 198 g/mol. The first kappa shape index (κ1) is 11.2. The Bertz CT molecular complexity index is 117. The third-order valence-electron chi connectivity index (χ3n) is 1.17. The molecule has 0 amide bonds. The summed E-state index contributed by atoms with van der Waals surface area (Å²) in [7, 11) is 0. The van der Waals surface area contributed by atoms with Crippen molar-refractivity contribution >= 4 is 23.2 Å². The van der Waals surface area contributed by atoms with Gasteiger partial charge in [0.15, 0.2) is 0 Å². The molecule has 0 aliphatic carbocycles. The Morgan fingerprint density at radius 1 is 1.45 bits per heavy atom. The van der Waals surface area contributed by atoms with Crippen LogP contribution in [0.15, 0.2) is 10.6 Å². The van der Waals surface area contributed by atoms with Crippen molar-refractivity contribution < 1.29 is 5.11 Å². The van der Waals surface area contributed by atoms with Crippen molar-refractivity contribution in [3.63, 3.8) is 0 Å². The van der Waals surface area contributed by atoms with Gasteiger partial charge in [-0.15, -0.1) is 0 Å². The van der Waals surface area contributed by atoms with Crippen molar-refractivity contribution in [2.24, 2.45) is 0 Å².